The molecule has 0 saturated heterocycles. The highest BCUT2D eigenvalue weighted by atomic mass is 16.5. The molecule has 2 aromatic carbocycles. The molecule has 2 rings (SSSR count). The zero-order valence-corrected chi connectivity index (χ0v) is 12.8. The van der Waals surface area contributed by atoms with Gasteiger partial charge in [0.2, 0.25) is 0 Å². The van der Waals surface area contributed by atoms with E-state index in [1.807, 2.05) is 6.07 Å². The number of esters is 1. The molecule has 5 nitrogen and oxygen atoms in total. The van der Waals surface area contributed by atoms with Crippen LogP contribution in [-0.4, -0.2) is 12.6 Å². The van der Waals surface area contributed by atoms with Gasteiger partial charge in [-0.15, -0.1) is 0 Å². The number of benzene rings is 2. The highest BCUT2D eigenvalue weighted by Crippen LogP contribution is 2.13. The Labute approximate surface area is 140 Å². The molecule has 0 bridgehead atoms. The molecule has 5 heteroatoms. The lowest BCUT2D eigenvalue weighted by Gasteiger charge is -2.04. The molecule has 0 aromatic heterocycles. The molecule has 0 unspecified atom stereocenters. The number of rotatable bonds is 6. The first-order valence-electron chi connectivity index (χ1n) is 7.15. The summed E-state index contributed by atoms with van der Waals surface area (Å²) in [6.07, 6.45) is 2.94. The molecule has 0 aliphatic rings. The van der Waals surface area contributed by atoms with Crippen molar-refractivity contribution in [3.05, 3.63) is 71.3 Å². The lowest BCUT2D eigenvalue weighted by atomic mass is 10.1. The predicted octanol–water partition coefficient (Wildman–Crippen LogP) is 3.22. The Hall–Kier alpha value is -3.57. The fourth-order valence-corrected chi connectivity index (χ4v) is 1.91. The summed E-state index contributed by atoms with van der Waals surface area (Å²) >= 11 is 0. The maximum Gasteiger partial charge on any atom is 0.331 e. The molecule has 0 N–H and O–H groups in total. The van der Waals surface area contributed by atoms with Gasteiger partial charge in [0.15, 0.2) is 6.61 Å². The Morgan fingerprint density at radius 3 is 2.54 bits per heavy atom. The van der Waals surface area contributed by atoms with E-state index < -0.39 is 5.97 Å². The van der Waals surface area contributed by atoms with Crippen LogP contribution < -0.4 is 4.74 Å². The lowest BCUT2D eigenvalue weighted by Crippen LogP contribution is -2.02. The number of carbonyl (C=O) groups excluding carboxylic acids is 1. The van der Waals surface area contributed by atoms with Gasteiger partial charge in [-0.25, -0.2) is 4.79 Å². The van der Waals surface area contributed by atoms with Crippen molar-refractivity contribution >= 4 is 12.0 Å². The van der Waals surface area contributed by atoms with Crippen LogP contribution in [0, 0.1) is 22.7 Å². The minimum Gasteiger partial charge on any atom is -0.479 e. The molecule has 0 aliphatic carbocycles. The van der Waals surface area contributed by atoms with Gasteiger partial charge in [-0.3, -0.25) is 0 Å². The average molecular weight is 318 g/mol. The maximum absolute atomic E-state index is 11.7. The van der Waals surface area contributed by atoms with Gasteiger partial charge in [0.1, 0.15) is 18.4 Å². The topological polar surface area (TPSA) is 83.1 Å². The molecule has 118 valence electrons. The summed E-state index contributed by atoms with van der Waals surface area (Å²) in [6.45, 7) is 0.0412. The molecular formula is C19H14N2O3. The highest BCUT2D eigenvalue weighted by molar-refractivity contribution is 5.87. The van der Waals surface area contributed by atoms with E-state index in [9.17, 15) is 4.79 Å². The van der Waals surface area contributed by atoms with E-state index in [4.69, 9.17) is 20.0 Å². The van der Waals surface area contributed by atoms with Crippen molar-refractivity contribution in [3.63, 3.8) is 0 Å². The smallest absolute Gasteiger partial charge is 0.331 e. The number of nitriles is 2. The van der Waals surface area contributed by atoms with E-state index >= 15 is 0 Å². The number of hydrogen-bond donors (Lipinski definition) is 0. The van der Waals surface area contributed by atoms with E-state index in [0.29, 0.717) is 16.9 Å². The van der Waals surface area contributed by atoms with Crippen LogP contribution in [0.15, 0.2) is 54.6 Å². The van der Waals surface area contributed by atoms with E-state index in [-0.39, 0.29) is 13.2 Å². The van der Waals surface area contributed by atoms with Gasteiger partial charge in [0.05, 0.1) is 11.6 Å². The lowest BCUT2D eigenvalue weighted by molar-refractivity contribution is -0.138. The van der Waals surface area contributed by atoms with Crippen LogP contribution in [0.2, 0.25) is 0 Å². The third kappa shape index (κ3) is 5.01. The molecule has 2 aromatic rings. The molecule has 0 heterocycles. The summed E-state index contributed by atoms with van der Waals surface area (Å²) in [5, 5.41) is 17.4. The first-order valence-corrected chi connectivity index (χ1v) is 7.15. The van der Waals surface area contributed by atoms with Crippen molar-refractivity contribution in [3.8, 4) is 17.9 Å². The molecule has 0 amide bonds. The number of hydrogen-bond acceptors (Lipinski definition) is 5. The summed E-state index contributed by atoms with van der Waals surface area (Å²) in [7, 11) is 0. The molecular weight excluding hydrogens is 304 g/mol. The standard InChI is InChI=1S/C19H14N2O3/c20-11-12-23-18-8-5-15(6-9-18)7-10-19(22)24-14-17-4-2-1-3-16(17)13-21/h1-10H,12,14H2/b10-7+. The Balaban J connectivity index is 1.89. The van der Waals surface area contributed by atoms with Crippen molar-refractivity contribution in [1.29, 1.82) is 10.5 Å². The van der Waals surface area contributed by atoms with Crippen molar-refractivity contribution in [2.75, 3.05) is 6.61 Å². The second kappa shape index (κ2) is 8.77. The zero-order valence-electron chi connectivity index (χ0n) is 12.8. The highest BCUT2D eigenvalue weighted by Gasteiger charge is 2.03. The van der Waals surface area contributed by atoms with Crippen LogP contribution in [0.3, 0.4) is 0 Å². The summed E-state index contributed by atoms with van der Waals surface area (Å²) in [5.41, 5.74) is 1.96. The minimum absolute atomic E-state index is 0.00825. The zero-order chi connectivity index (χ0) is 17.2. The van der Waals surface area contributed by atoms with E-state index in [2.05, 4.69) is 6.07 Å². The van der Waals surface area contributed by atoms with Gasteiger partial charge in [-0.2, -0.15) is 10.5 Å². The number of ether oxygens (including phenoxy) is 2. The normalized spacial score (nSPS) is 9.92. The third-order valence-corrected chi connectivity index (χ3v) is 3.10. The van der Waals surface area contributed by atoms with Crippen molar-refractivity contribution in [1.82, 2.24) is 0 Å². The van der Waals surface area contributed by atoms with Crippen LogP contribution in [0.5, 0.6) is 5.75 Å². The average Bonchev–Trinajstić information content (AvgIpc) is 2.64. The summed E-state index contributed by atoms with van der Waals surface area (Å²) in [5.74, 6) is 0.0944. The van der Waals surface area contributed by atoms with Crippen LogP contribution in [-0.2, 0) is 16.1 Å². The van der Waals surface area contributed by atoms with Crippen molar-refractivity contribution in [2.24, 2.45) is 0 Å². The van der Waals surface area contributed by atoms with Crippen LogP contribution in [0.1, 0.15) is 16.7 Å². The van der Waals surface area contributed by atoms with Gasteiger partial charge in [-0.1, -0.05) is 30.3 Å². The SMILES string of the molecule is N#CCOc1ccc(/C=C/C(=O)OCc2ccccc2C#N)cc1. The van der Waals surface area contributed by atoms with Gasteiger partial charge < -0.3 is 9.47 Å². The molecule has 0 radical (unpaired) electrons. The summed E-state index contributed by atoms with van der Waals surface area (Å²) in [4.78, 5) is 11.7. The Morgan fingerprint density at radius 1 is 1.08 bits per heavy atom. The number of carbonyl (C=O) groups is 1. The van der Waals surface area contributed by atoms with Crippen LogP contribution in [0.25, 0.3) is 6.08 Å². The first kappa shape index (κ1) is 16.8. The molecule has 0 saturated carbocycles. The first-order chi connectivity index (χ1) is 11.7. The van der Waals surface area contributed by atoms with Gasteiger partial charge in [0.25, 0.3) is 0 Å². The minimum atomic E-state index is -0.493. The van der Waals surface area contributed by atoms with Gasteiger partial charge in [0, 0.05) is 11.6 Å². The Morgan fingerprint density at radius 2 is 1.83 bits per heavy atom. The second-order valence-corrected chi connectivity index (χ2v) is 4.73. The van der Waals surface area contributed by atoms with Crippen molar-refractivity contribution in [2.45, 2.75) is 6.61 Å². The van der Waals surface area contributed by atoms with Gasteiger partial charge >= 0.3 is 5.97 Å². The largest absolute Gasteiger partial charge is 0.479 e. The molecule has 0 spiro atoms. The Kier molecular flexibility index (Phi) is 6.14. The summed E-state index contributed by atoms with van der Waals surface area (Å²) < 4.78 is 10.3. The predicted molar refractivity (Wildman–Crippen MR) is 87.5 cm³/mol. The molecule has 24 heavy (non-hydrogen) atoms. The monoisotopic (exact) mass is 318 g/mol. The molecule has 0 aliphatic heterocycles. The fraction of sp³-hybridized carbons (Fsp3) is 0.105. The van der Waals surface area contributed by atoms with E-state index in [1.165, 1.54) is 6.08 Å². The molecule has 0 fully saturated rings. The third-order valence-electron chi connectivity index (χ3n) is 3.10. The summed E-state index contributed by atoms with van der Waals surface area (Å²) in [6, 6.07) is 17.9. The second-order valence-electron chi connectivity index (χ2n) is 4.73. The fourth-order valence-electron chi connectivity index (χ4n) is 1.91. The quantitative estimate of drug-likeness (QED) is 0.603. The van der Waals surface area contributed by atoms with Crippen LogP contribution >= 0.6 is 0 Å². The maximum atomic E-state index is 11.7. The molecule has 0 atom stereocenters. The number of nitrogens with zero attached hydrogens (tertiary/aromatic N) is 2. The van der Waals surface area contributed by atoms with Crippen molar-refractivity contribution < 1.29 is 14.3 Å². The Bertz CT molecular complexity index is 812. The van der Waals surface area contributed by atoms with Crippen LogP contribution in [0.4, 0.5) is 0 Å². The van der Waals surface area contributed by atoms with E-state index in [0.717, 1.165) is 5.56 Å². The van der Waals surface area contributed by atoms with E-state index in [1.54, 1.807) is 54.6 Å². The van der Waals surface area contributed by atoms with Gasteiger partial charge in [-0.05, 0) is 29.8 Å².